The highest BCUT2D eigenvalue weighted by Crippen LogP contribution is 2.19. The first-order valence-electron chi connectivity index (χ1n) is 9.10. The second-order valence-corrected chi connectivity index (χ2v) is 7.50. The molecule has 0 saturated heterocycles. The van der Waals surface area contributed by atoms with Crippen molar-refractivity contribution in [2.75, 3.05) is 12.4 Å². The fraction of sp³-hybridized carbons (Fsp3) is 0.333. The third kappa shape index (κ3) is 8.98. The van der Waals surface area contributed by atoms with Crippen LogP contribution in [0.1, 0.15) is 38.2 Å². The SMILES string of the molecule is CCCCCCOc1ccc(/C=N/NC(=O)CSc2ccc(Cl)cc2)cc1. The highest BCUT2D eigenvalue weighted by Gasteiger charge is 2.01. The highest BCUT2D eigenvalue weighted by molar-refractivity contribution is 8.00. The molecular weight excluding hydrogens is 380 g/mol. The molecule has 0 fully saturated rings. The van der Waals surface area contributed by atoms with Gasteiger partial charge in [-0.3, -0.25) is 4.79 Å². The van der Waals surface area contributed by atoms with Crippen molar-refractivity contribution >= 4 is 35.5 Å². The molecule has 0 aliphatic rings. The Balaban J connectivity index is 1.67. The number of unbranched alkanes of at least 4 members (excludes halogenated alkanes) is 3. The first kappa shape index (κ1) is 21.3. The molecule has 0 aliphatic heterocycles. The van der Waals surface area contributed by atoms with E-state index in [0.29, 0.717) is 10.8 Å². The van der Waals surface area contributed by atoms with E-state index in [1.165, 1.54) is 31.0 Å². The molecule has 0 spiro atoms. The summed E-state index contributed by atoms with van der Waals surface area (Å²) in [6.45, 7) is 2.94. The summed E-state index contributed by atoms with van der Waals surface area (Å²) in [5.41, 5.74) is 3.44. The Morgan fingerprint density at radius 1 is 1.11 bits per heavy atom. The monoisotopic (exact) mass is 404 g/mol. The van der Waals surface area contributed by atoms with Gasteiger partial charge in [-0.15, -0.1) is 11.8 Å². The number of carbonyl (C=O) groups is 1. The molecule has 4 nitrogen and oxygen atoms in total. The normalized spacial score (nSPS) is 10.9. The van der Waals surface area contributed by atoms with Crippen molar-refractivity contribution in [3.63, 3.8) is 0 Å². The Labute approximate surface area is 170 Å². The van der Waals surface area contributed by atoms with Crippen LogP contribution < -0.4 is 10.2 Å². The first-order valence-corrected chi connectivity index (χ1v) is 10.5. The number of hydrogen-bond donors (Lipinski definition) is 1. The molecule has 0 radical (unpaired) electrons. The summed E-state index contributed by atoms with van der Waals surface area (Å²) >= 11 is 7.28. The molecule has 2 aromatic rings. The average molecular weight is 405 g/mol. The number of hydrogen-bond acceptors (Lipinski definition) is 4. The molecule has 0 aromatic heterocycles. The number of hydrazone groups is 1. The highest BCUT2D eigenvalue weighted by atomic mass is 35.5. The lowest BCUT2D eigenvalue weighted by Gasteiger charge is -2.06. The number of rotatable bonds is 11. The van der Waals surface area contributed by atoms with Gasteiger partial charge in [0.2, 0.25) is 5.91 Å². The van der Waals surface area contributed by atoms with Gasteiger partial charge in [0.15, 0.2) is 0 Å². The zero-order valence-corrected chi connectivity index (χ0v) is 17.1. The topological polar surface area (TPSA) is 50.7 Å². The van der Waals surface area contributed by atoms with E-state index in [-0.39, 0.29) is 5.91 Å². The number of benzene rings is 2. The summed E-state index contributed by atoms with van der Waals surface area (Å²) in [4.78, 5) is 12.8. The first-order chi connectivity index (χ1) is 13.2. The van der Waals surface area contributed by atoms with E-state index < -0.39 is 0 Å². The van der Waals surface area contributed by atoms with E-state index >= 15 is 0 Å². The van der Waals surface area contributed by atoms with Gasteiger partial charge >= 0.3 is 0 Å². The Kier molecular flexibility index (Phi) is 9.80. The van der Waals surface area contributed by atoms with Crippen LogP contribution in [0.15, 0.2) is 58.5 Å². The lowest BCUT2D eigenvalue weighted by molar-refractivity contribution is -0.118. The second-order valence-electron chi connectivity index (χ2n) is 6.01. The summed E-state index contributed by atoms with van der Waals surface area (Å²) in [6.07, 6.45) is 6.39. The van der Waals surface area contributed by atoms with Gasteiger partial charge in [-0.2, -0.15) is 5.10 Å². The minimum Gasteiger partial charge on any atom is -0.494 e. The van der Waals surface area contributed by atoms with Gasteiger partial charge in [0.05, 0.1) is 18.6 Å². The quantitative estimate of drug-likeness (QED) is 0.231. The van der Waals surface area contributed by atoms with Gasteiger partial charge in [-0.05, 0) is 60.5 Å². The van der Waals surface area contributed by atoms with Crippen LogP contribution in [0.25, 0.3) is 0 Å². The second kappa shape index (κ2) is 12.4. The lowest BCUT2D eigenvalue weighted by Crippen LogP contribution is -2.19. The lowest BCUT2D eigenvalue weighted by atomic mass is 10.2. The average Bonchev–Trinajstić information content (AvgIpc) is 2.68. The van der Waals surface area contributed by atoms with Crippen LogP contribution in [0.3, 0.4) is 0 Å². The summed E-state index contributed by atoms with van der Waals surface area (Å²) in [5, 5.41) is 4.68. The van der Waals surface area contributed by atoms with E-state index in [0.717, 1.165) is 29.2 Å². The van der Waals surface area contributed by atoms with Crippen LogP contribution in [-0.4, -0.2) is 24.5 Å². The smallest absolute Gasteiger partial charge is 0.250 e. The van der Waals surface area contributed by atoms with Gasteiger partial charge in [-0.1, -0.05) is 37.8 Å². The predicted octanol–water partition coefficient (Wildman–Crippen LogP) is 5.54. The van der Waals surface area contributed by atoms with E-state index in [1.807, 2.05) is 36.4 Å². The summed E-state index contributed by atoms with van der Waals surface area (Å²) in [7, 11) is 0. The zero-order valence-electron chi connectivity index (χ0n) is 15.5. The Morgan fingerprint density at radius 3 is 2.56 bits per heavy atom. The number of thioether (sulfide) groups is 1. The Morgan fingerprint density at radius 2 is 1.85 bits per heavy atom. The molecule has 0 unspecified atom stereocenters. The number of nitrogens with one attached hydrogen (secondary N) is 1. The molecular formula is C21H25ClN2O2S. The van der Waals surface area contributed by atoms with Crippen molar-refractivity contribution in [2.24, 2.45) is 5.10 Å². The number of ether oxygens (including phenoxy) is 1. The molecule has 1 N–H and O–H groups in total. The van der Waals surface area contributed by atoms with E-state index in [1.54, 1.807) is 18.3 Å². The molecule has 2 aromatic carbocycles. The Bertz CT molecular complexity index is 718. The van der Waals surface area contributed by atoms with Crippen LogP contribution in [0.5, 0.6) is 5.75 Å². The largest absolute Gasteiger partial charge is 0.494 e. The molecule has 0 atom stereocenters. The van der Waals surface area contributed by atoms with Gasteiger partial charge in [0.1, 0.15) is 5.75 Å². The molecule has 1 amide bonds. The fourth-order valence-electron chi connectivity index (χ4n) is 2.26. The van der Waals surface area contributed by atoms with Crippen molar-refractivity contribution in [2.45, 2.75) is 37.5 Å². The van der Waals surface area contributed by atoms with Gasteiger partial charge in [0.25, 0.3) is 0 Å². The van der Waals surface area contributed by atoms with E-state index in [4.69, 9.17) is 16.3 Å². The summed E-state index contributed by atoms with van der Waals surface area (Å²) in [6, 6.07) is 15.0. The van der Waals surface area contributed by atoms with Gasteiger partial charge < -0.3 is 4.74 Å². The van der Waals surface area contributed by atoms with Crippen LogP contribution >= 0.6 is 23.4 Å². The Hall–Kier alpha value is -1.98. The van der Waals surface area contributed by atoms with Crippen molar-refractivity contribution in [3.8, 4) is 5.75 Å². The summed E-state index contributed by atoms with van der Waals surface area (Å²) in [5.74, 6) is 0.995. The molecule has 0 saturated carbocycles. The van der Waals surface area contributed by atoms with E-state index in [9.17, 15) is 4.79 Å². The number of carbonyl (C=O) groups excluding carboxylic acids is 1. The molecule has 0 heterocycles. The van der Waals surface area contributed by atoms with Crippen molar-refractivity contribution in [1.82, 2.24) is 5.43 Å². The maximum absolute atomic E-state index is 11.8. The van der Waals surface area contributed by atoms with Gasteiger partial charge in [-0.25, -0.2) is 5.43 Å². The standard InChI is InChI=1S/C21H25ClN2O2S/c1-2-3-4-5-14-26-19-10-6-17(7-11-19)15-23-24-21(25)16-27-20-12-8-18(22)9-13-20/h6-13,15H,2-5,14,16H2,1H3,(H,24,25)/b23-15+. The van der Waals surface area contributed by atoms with Crippen molar-refractivity contribution in [3.05, 3.63) is 59.1 Å². The molecule has 144 valence electrons. The van der Waals surface area contributed by atoms with Crippen LogP contribution in [0.4, 0.5) is 0 Å². The third-order valence-electron chi connectivity index (χ3n) is 3.73. The molecule has 2 rings (SSSR count). The molecule has 0 bridgehead atoms. The van der Waals surface area contributed by atoms with Crippen molar-refractivity contribution in [1.29, 1.82) is 0 Å². The van der Waals surface area contributed by atoms with Gasteiger partial charge in [0, 0.05) is 9.92 Å². The molecule has 6 heteroatoms. The van der Waals surface area contributed by atoms with Crippen molar-refractivity contribution < 1.29 is 9.53 Å². The van der Waals surface area contributed by atoms with Crippen LogP contribution in [0.2, 0.25) is 5.02 Å². The predicted molar refractivity (Wildman–Crippen MR) is 114 cm³/mol. The molecule has 27 heavy (non-hydrogen) atoms. The third-order valence-corrected chi connectivity index (χ3v) is 5.00. The maximum Gasteiger partial charge on any atom is 0.250 e. The minimum atomic E-state index is -0.154. The van der Waals surface area contributed by atoms with Crippen LogP contribution in [0, 0.1) is 0 Å². The zero-order chi connectivity index (χ0) is 19.3. The number of nitrogens with zero attached hydrogens (tertiary/aromatic N) is 1. The fourth-order valence-corrected chi connectivity index (χ4v) is 3.08. The maximum atomic E-state index is 11.8. The number of amides is 1. The number of halogens is 1. The van der Waals surface area contributed by atoms with E-state index in [2.05, 4.69) is 17.5 Å². The summed E-state index contributed by atoms with van der Waals surface area (Å²) < 4.78 is 5.71. The minimum absolute atomic E-state index is 0.154. The molecule has 0 aliphatic carbocycles. The van der Waals surface area contributed by atoms with Crippen LogP contribution in [-0.2, 0) is 4.79 Å².